The van der Waals surface area contributed by atoms with Gasteiger partial charge in [-0.15, -0.1) is 0 Å². The minimum atomic E-state index is -4.40. The number of urea groups is 1. The first kappa shape index (κ1) is 13.5. The Hall–Kier alpha value is -1.92. The Morgan fingerprint density at radius 1 is 1.42 bits per heavy atom. The topological polar surface area (TPSA) is 67.1 Å². The summed E-state index contributed by atoms with van der Waals surface area (Å²) in [6, 6.07) is 4.26. The number of nitrogen functional groups attached to an aromatic ring is 1. The molecule has 0 saturated heterocycles. The van der Waals surface area contributed by atoms with Gasteiger partial charge in [0, 0.05) is 5.69 Å². The Balaban J connectivity index is 1.94. The van der Waals surface area contributed by atoms with Crippen molar-refractivity contribution in [2.24, 2.45) is 0 Å². The van der Waals surface area contributed by atoms with Crippen molar-refractivity contribution < 1.29 is 18.0 Å². The highest BCUT2D eigenvalue weighted by Crippen LogP contribution is 2.32. The largest absolute Gasteiger partial charge is 0.405 e. The van der Waals surface area contributed by atoms with Gasteiger partial charge >= 0.3 is 12.2 Å². The van der Waals surface area contributed by atoms with Crippen molar-refractivity contribution in [2.75, 3.05) is 12.3 Å². The molecular weight excluding hydrogens is 259 g/mol. The van der Waals surface area contributed by atoms with Crippen LogP contribution in [0.15, 0.2) is 18.2 Å². The monoisotopic (exact) mass is 273 g/mol. The fourth-order valence-corrected chi connectivity index (χ4v) is 2.18. The summed E-state index contributed by atoms with van der Waals surface area (Å²) in [7, 11) is 0. The van der Waals surface area contributed by atoms with Gasteiger partial charge in [-0.1, -0.05) is 6.07 Å². The number of alkyl halides is 3. The molecule has 1 atom stereocenters. The number of nitrogens with one attached hydrogen (secondary N) is 2. The summed E-state index contributed by atoms with van der Waals surface area (Å²) in [5.41, 5.74) is 8.23. The minimum Gasteiger partial charge on any atom is -0.399 e. The molecule has 7 heteroatoms. The smallest absolute Gasteiger partial charge is 0.399 e. The van der Waals surface area contributed by atoms with Crippen LogP contribution < -0.4 is 16.4 Å². The number of benzene rings is 1. The zero-order valence-corrected chi connectivity index (χ0v) is 10.1. The van der Waals surface area contributed by atoms with E-state index in [1.165, 1.54) is 0 Å². The predicted molar refractivity (Wildman–Crippen MR) is 64.5 cm³/mol. The standard InChI is InChI=1S/C12H14F3N3O/c13-12(14,15)6-17-11(19)18-10-4-1-7-5-8(16)2-3-9(7)10/h2-3,5,10H,1,4,6,16H2,(H2,17,18,19). The lowest BCUT2D eigenvalue weighted by atomic mass is 10.1. The lowest BCUT2D eigenvalue weighted by Gasteiger charge is -2.15. The molecule has 1 aromatic carbocycles. The number of hydrogen-bond acceptors (Lipinski definition) is 2. The number of carbonyl (C=O) groups excluding carboxylic acids is 1. The Bertz CT molecular complexity index is 488. The molecule has 4 N–H and O–H groups in total. The van der Waals surface area contributed by atoms with E-state index in [0.717, 1.165) is 17.5 Å². The third kappa shape index (κ3) is 3.52. The molecule has 0 fully saturated rings. The summed E-state index contributed by atoms with van der Waals surface area (Å²) in [5.74, 6) is 0. The lowest BCUT2D eigenvalue weighted by Crippen LogP contribution is -2.41. The maximum atomic E-state index is 12.0. The fourth-order valence-electron chi connectivity index (χ4n) is 2.18. The highest BCUT2D eigenvalue weighted by Gasteiger charge is 2.29. The van der Waals surface area contributed by atoms with Crippen molar-refractivity contribution >= 4 is 11.7 Å². The number of amides is 2. The molecule has 0 radical (unpaired) electrons. The number of carbonyl (C=O) groups is 1. The Morgan fingerprint density at radius 3 is 2.84 bits per heavy atom. The van der Waals surface area contributed by atoms with Crippen molar-refractivity contribution in [3.8, 4) is 0 Å². The summed E-state index contributed by atoms with van der Waals surface area (Å²) in [6.07, 6.45) is -2.98. The molecule has 1 unspecified atom stereocenters. The van der Waals surface area contributed by atoms with E-state index in [4.69, 9.17) is 5.73 Å². The molecule has 1 aliphatic carbocycles. The van der Waals surface area contributed by atoms with E-state index in [0.29, 0.717) is 12.1 Å². The third-order valence-electron chi connectivity index (χ3n) is 3.00. The van der Waals surface area contributed by atoms with Gasteiger partial charge in [0.2, 0.25) is 0 Å². The molecule has 104 valence electrons. The number of anilines is 1. The van der Waals surface area contributed by atoms with Crippen LogP contribution in [0, 0.1) is 0 Å². The van der Waals surface area contributed by atoms with Gasteiger partial charge in [-0.05, 0) is 36.1 Å². The van der Waals surface area contributed by atoms with Crippen LogP contribution in [-0.4, -0.2) is 18.8 Å². The highest BCUT2D eigenvalue weighted by molar-refractivity contribution is 5.74. The van der Waals surface area contributed by atoms with Crippen LogP contribution in [-0.2, 0) is 6.42 Å². The van der Waals surface area contributed by atoms with Crippen LogP contribution in [0.4, 0.5) is 23.7 Å². The molecule has 1 aliphatic rings. The maximum Gasteiger partial charge on any atom is 0.405 e. The van der Waals surface area contributed by atoms with Gasteiger partial charge < -0.3 is 16.4 Å². The van der Waals surface area contributed by atoms with Crippen molar-refractivity contribution in [1.82, 2.24) is 10.6 Å². The normalized spacial score (nSPS) is 17.9. The molecule has 0 aliphatic heterocycles. The Morgan fingerprint density at radius 2 is 2.16 bits per heavy atom. The summed E-state index contributed by atoms with van der Waals surface area (Å²) in [6.45, 7) is -1.33. The van der Waals surface area contributed by atoms with E-state index >= 15 is 0 Å². The molecule has 0 saturated carbocycles. The van der Waals surface area contributed by atoms with E-state index in [-0.39, 0.29) is 6.04 Å². The van der Waals surface area contributed by atoms with Gasteiger partial charge in [-0.25, -0.2) is 4.79 Å². The van der Waals surface area contributed by atoms with Crippen LogP contribution in [0.2, 0.25) is 0 Å². The molecule has 19 heavy (non-hydrogen) atoms. The average Bonchev–Trinajstić information content (AvgIpc) is 2.68. The van der Waals surface area contributed by atoms with E-state index in [9.17, 15) is 18.0 Å². The van der Waals surface area contributed by atoms with Crippen LogP contribution in [0.1, 0.15) is 23.6 Å². The minimum absolute atomic E-state index is 0.260. The summed E-state index contributed by atoms with van der Waals surface area (Å²) < 4.78 is 35.9. The van der Waals surface area contributed by atoms with Crippen LogP contribution in [0.3, 0.4) is 0 Å². The van der Waals surface area contributed by atoms with E-state index < -0.39 is 18.8 Å². The van der Waals surface area contributed by atoms with E-state index in [2.05, 4.69) is 5.32 Å². The van der Waals surface area contributed by atoms with Crippen molar-refractivity contribution in [2.45, 2.75) is 25.1 Å². The first-order chi connectivity index (χ1) is 8.85. The van der Waals surface area contributed by atoms with Gasteiger partial charge in [0.25, 0.3) is 0 Å². The quantitative estimate of drug-likeness (QED) is 0.722. The zero-order valence-electron chi connectivity index (χ0n) is 10.1. The van der Waals surface area contributed by atoms with Gasteiger partial charge in [-0.3, -0.25) is 0 Å². The molecular formula is C12H14F3N3O. The lowest BCUT2D eigenvalue weighted by molar-refractivity contribution is -0.122. The molecule has 0 heterocycles. The average molecular weight is 273 g/mol. The number of halogens is 3. The molecule has 2 rings (SSSR count). The van der Waals surface area contributed by atoms with Gasteiger partial charge in [0.1, 0.15) is 6.54 Å². The fraction of sp³-hybridized carbons (Fsp3) is 0.417. The second-order valence-corrected chi connectivity index (χ2v) is 4.49. The van der Waals surface area contributed by atoms with Crippen LogP contribution >= 0.6 is 0 Å². The summed E-state index contributed by atoms with van der Waals surface area (Å²) in [4.78, 5) is 11.4. The molecule has 4 nitrogen and oxygen atoms in total. The van der Waals surface area contributed by atoms with Crippen molar-refractivity contribution in [1.29, 1.82) is 0 Å². The van der Waals surface area contributed by atoms with Gasteiger partial charge in [0.15, 0.2) is 0 Å². The molecule has 0 bridgehead atoms. The number of fused-ring (bicyclic) bond motifs is 1. The first-order valence-electron chi connectivity index (χ1n) is 5.84. The molecule has 0 aromatic heterocycles. The SMILES string of the molecule is Nc1ccc2c(c1)CCC2NC(=O)NCC(F)(F)F. The highest BCUT2D eigenvalue weighted by atomic mass is 19.4. The molecule has 2 amide bonds. The Kier molecular flexibility index (Phi) is 3.55. The number of hydrogen-bond donors (Lipinski definition) is 3. The predicted octanol–water partition coefficient (Wildman–Crippen LogP) is 2.12. The van der Waals surface area contributed by atoms with E-state index in [1.54, 1.807) is 17.4 Å². The molecule has 0 spiro atoms. The van der Waals surface area contributed by atoms with Gasteiger partial charge in [-0.2, -0.15) is 13.2 Å². The third-order valence-corrected chi connectivity index (χ3v) is 3.00. The number of rotatable bonds is 2. The van der Waals surface area contributed by atoms with Crippen LogP contribution in [0.5, 0.6) is 0 Å². The van der Waals surface area contributed by atoms with Gasteiger partial charge in [0.05, 0.1) is 6.04 Å². The second-order valence-electron chi connectivity index (χ2n) is 4.49. The first-order valence-corrected chi connectivity index (χ1v) is 5.84. The zero-order chi connectivity index (χ0) is 14.0. The summed E-state index contributed by atoms with van der Waals surface area (Å²) in [5, 5.41) is 4.33. The second kappa shape index (κ2) is 4.99. The summed E-state index contributed by atoms with van der Waals surface area (Å²) >= 11 is 0. The van der Waals surface area contributed by atoms with E-state index in [1.807, 2.05) is 6.07 Å². The van der Waals surface area contributed by atoms with Crippen molar-refractivity contribution in [3.63, 3.8) is 0 Å². The Labute approximate surface area is 108 Å². The number of nitrogens with two attached hydrogens (primary N) is 1. The maximum absolute atomic E-state index is 12.0. The molecule has 1 aromatic rings. The van der Waals surface area contributed by atoms with Crippen molar-refractivity contribution in [3.05, 3.63) is 29.3 Å². The van der Waals surface area contributed by atoms with Crippen LogP contribution in [0.25, 0.3) is 0 Å². The number of aryl methyl sites for hydroxylation is 1.